The van der Waals surface area contributed by atoms with E-state index in [4.69, 9.17) is 23.2 Å². The first-order chi connectivity index (χ1) is 13.2. The van der Waals surface area contributed by atoms with Crippen molar-refractivity contribution in [2.24, 2.45) is 5.92 Å². The van der Waals surface area contributed by atoms with Crippen molar-refractivity contribution >= 4 is 39.1 Å². The summed E-state index contributed by atoms with van der Waals surface area (Å²) in [6, 6.07) is 4.41. The van der Waals surface area contributed by atoms with Gasteiger partial charge in [0.05, 0.1) is 21.7 Å². The second-order valence-electron chi connectivity index (χ2n) is 7.58. The Morgan fingerprint density at radius 2 is 1.89 bits per heavy atom. The number of likely N-dealkylation sites (N-methyl/N-ethyl adjacent to an activating group) is 1. The zero-order valence-electron chi connectivity index (χ0n) is 16.4. The second-order valence-corrected chi connectivity index (χ2v) is 10.3. The predicted molar refractivity (Wildman–Crippen MR) is 111 cm³/mol. The lowest BCUT2D eigenvalue weighted by atomic mass is 9.96. The normalized spacial score (nSPS) is 24.1. The van der Waals surface area contributed by atoms with Crippen molar-refractivity contribution in [2.45, 2.75) is 56.6 Å². The standard InChI is InChI=1S/C19H27Cl2N3O3S/c1-4-13(3)17-18(25)24(5-2)19(22-17)9-11-23(12-10-19)28(26,27)15-8-6-7-14(20)16(15)21/h6-8,13,17,22H,4-5,9-12H2,1-3H3. The van der Waals surface area contributed by atoms with Gasteiger partial charge in [-0.05, 0) is 37.8 Å². The van der Waals surface area contributed by atoms with E-state index >= 15 is 0 Å². The van der Waals surface area contributed by atoms with Crippen LogP contribution in [0.25, 0.3) is 0 Å². The Kier molecular flexibility index (Phi) is 6.32. The summed E-state index contributed by atoms with van der Waals surface area (Å²) in [5, 5.41) is 3.81. The zero-order chi connectivity index (χ0) is 20.7. The summed E-state index contributed by atoms with van der Waals surface area (Å²) in [7, 11) is -3.75. The molecular formula is C19H27Cl2N3O3S. The van der Waals surface area contributed by atoms with E-state index in [0.29, 0.717) is 32.5 Å². The summed E-state index contributed by atoms with van der Waals surface area (Å²) in [4.78, 5) is 14.8. The summed E-state index contributed by atoms with van der Waals surface area (Å²) < 4.78 is 27.6. The van der Waals surface area contributed by atoms with Gasteiger partial charge in [-0.2, -0.15) is 4.31 Å². The number of carbonyl (C=O) groups excluding carboxylic acids is 1. The van der Waals surface area contributed by atoms with Crippen molar-refractivity contribution in [1.82, 2.24) is 14.5 Å². The van der Waals surface area contributed by atoms with Gasteiger partial charge in [-0.15, -0.1) is 0 Å². The summed E-state index contributed by atoms with van der Waals surface area (Å²) in [6.07, 6.45) is 1.98. The van der Waals surface area contributed by atoms with Crippen molar-refractivity contribution in [3.63, 3.8) is 0 Å². The Balaban J connectivity index is 1.82. The Morgan fingerprint density at radius 1 is 1.25 bits per heavy atom. The molecule has 156 valence electrons. The molecule has 0 bridgehead atoms. The molecule has 1 N–H and O–H groups in total. The number of hydrogen-bond acceptors (Lipinski definition) is 4. The van der Waals surface area contributed by atoms with Crippen LogP contribution in [0.3, 0.4) is 0 Å². The molecule has 2 aliphatic heterocycles. The molecule has 1 amide bonds. The topological polar surface area (TPSA) is 69.7 Å². The van der Waals surface area contributed by atoms with E-state index in [0.717, 1.165) is 6.42 Å². The third-order valence-corrected chi connectivity index (χ3v) is 8.96. The Bertz CT molecular complexity index is 854. The maximum Gasteiger partial charge on any atom is 0.244 e. The molecule has 2 heterocycles. The van der Waals surface area contributed by atoms with Gasteiger partial charge in [-0.25, -0.2) is 8.42 Å². The molecule has 2 aliphatic rings. The van der Waals surface area contributed by atoms with Crippen LogP contribution in [0.4, 0.5) is 0 Å². The van der Waals surface area contributed by atoms with Crippen LogP contribution < -0.4 is 5.32 Å². The molecule has 2 atom stereocenters. The molecule has 6 nitrogen and oxygen atoms in total. The summed E-state index contributed by atoms with van der Waals surface area (Å²) >= 11 is 12.2. The number of sulfonamides is 1. The third-order valence-electron chi connectivity index (χ3n) is 6.09. The fourth-order valence-electron chi connectivity index (χ4n) is 4.22. The van der Waals surface area contributed by atoms with Gasteiger partial charge < -0.3 is 4.90 Å². The van der Waals surface area contributed by atoms with Gasteiger partial charge in [0, 0.05) is 19.6 Å². The fraction of sp³-hybridized carbons (Fsp3) is 0.632. The predicted octanol–water partition coefficient (Wildman–Crippen LogP) is 3.34. The van der Waals surface area contributed by atoms with Crippen LogP contribution in [0.5, 0.6) is 0 Å². The summed E-state index contributed by atoms with van der Waals surface area (Å²) in [5.41, 5.74) is -0.482. The lowest BCUT2D eigenvalue weighted by molar-refractivity contribution is -0.133. The van der Waals surface area contributed by atoms with Crippen LogP contribution in [0, 0.1) is 5.92 Å². The number of nitrogens with zero attached hydrogens (tertiary/aromatic N) is 2. The number of amides is 1. The number of benzene rings is 1. The summed E-state index contributed by atoms with van der Waals surface area (Å²) in [6.45, 7) is 7.35. The van der Waals surface area contributed by atoms with E-state index in [1.165, 1.54) is 10.4 Å². The molecule has 2 saturated heterocycles. The number of nitrogens with one attached hydrogen (secondary N) is 1. The van der Waals surface area contributed by atoms with E-state index in [1.54, 1.807) is 12.1 Å². The number of carbonyl (C=O) groups is 1. The molecule has 1 aromatic carbocycles. The first kappa shape index (κ1) is 21.8. The SMILES string of the molecule is CCC(C)C1NC2(CCN(S(=O)(=O)c3cccc(Cl)c3Cl)CC2)N(CC)C1=O. The summed E-state index contributed by atoms with van der Waals surface area (Å²) in [5.74, 6) is 0.346. The van der Waals surface area contributed by atoms with Crippen molar-refractivity contribution in [1.29, 1.82) is 0 Å². The van der Waals surface area contributed by atoms with Gasteiger partial charge in [-0.1, -0.05) is 49.5 Å². The molecule has 0 radical (unpaired) electrons. The highest BCUT2D eigenvalue weighted by Crippen LogP contribution is 2.37. The quantitative estimate of drug-likeness (QED) is 0.750. The lowest BCUT2D eigenvalue weighted by Gasteiger charge is -2.44. The Hall–Kier alpha value is -0.860. The van der Waals surface area contributed by atoms with Crippen LogP contribution in [0.2, 0.25) is 10.0 Å². The first-order valence-corrected chi connectivity index (χ1v) is 11.9. The molecule has 2 fully saturated rings. The molecule has 3 rings (SSSR count). The monoisotopic (exact) mass is 447 g/mol. The van der Waals surface area contributed by atoms with Gasteiger partial charge >= 0.3 is 0 Å². The average molecular weight is 448 g/mol. The highest BCUT2D eigenvalue weighted by molar-refractivity contribution is 7.89. The first-order valence-electron chi connectivity index (χ1n) is 9.71. The Labute approximate surface area is 177 Å². The van der Waals surface area contributed by atoms with Gasteiger partial charge in [0.2, 0.25) is 15.9 Å². The molecular weight excluding hydrogens is 421 g/mol. The minimum atomic E-state index is -3.75. The van der Waals surface area contributed by atoms with E-state index < -0.39 is 15.7 Å². The average Bonchev–Trinajstić information content (AvgIpc) is 2.94. The van der Waals surface area contributed by atoms with Crippen molar-refractivity contribution in [3.8, 4) is 0 Å². The van der Waals surface area contributed by atoms with E-state index in [2.05, 4.69) is 19.2 Å². The van der Waals surface area contributed by atoms with Crippen LogP contribution in [-0.2, 0) is 14.8 Å². The lowest BCUT2D eigenvalue weighted by Crippen LogP contribution is -2.59. The second kappa shape index (κ2) is 8.11. The van der Waals surface area contributed by atoms with Gasteiger partial charge in [0.25, 0.3) is 0 Å². The maximum absolute atomic E-state index is 13.1. The van der Waals surface area contributed by atoms with E-state index in [1.807, 2.05) is 11.8 Å². The van der Waals surface area contributed by atoms with Gasteiger partial charge in [0.1, 0.15) is 4.90 Å². The molecule has 1 aromatic rings. The van der Waals surface area contributed by atoms with Gasteiger partial charge in [-0.3, -0.25) is 10.1 Å². The van der Waals surface area contributed by atoms with E-state index in [-0.39, 0.29) is 32.8 Å². The van der Waals surface area contributed by atoms with Crippen LogP contribution in [0.1, 0.15) is 40.0 Å². The van der Waals surface area contributed by atoms with Crippen molar-refractivity contribution in [2.75, 3.05) is 19.6 Å². The molecule has 1 spiro atoms. The smallest absolute Gasteiger partial charge is 0.244 e. The van der Waals surface area contributed by atoms with Crippen LogP contribution >= 0.6 is 23.2 Å². The highest BCUT2D eigenvalue weighted by Gasteiger charge is 2.52. The van der Waals surface area contributed by atoms with Crippen molar-refractivity contribution < 1.29 is 13.2 Å². The molecule has 28 heavy (non-hydrogen) atoms. The van der Waals surface area contributed by atoms with Crippen molar-refractivity contribution in [3.05, 3.63) is 28.2 Å². The number of rotatable bonds is 5. The minimum absolute atomic E-state index is 0.0258. The highest BCUT2D eigenvalue weighted by atomic mass is 35.5. The van der Waals surface area contributed by atoms with Crippen LogP contribution in [-0.4, -0.2) is 54.9 Å². The molecule has 0 aromatic heterocycles. The largest absolute Gasteiger partial charge is 0.323 e. The zero-order valence-corrected chi connectivity index (χ0v) is 18.7. The Morgan fingerprint density at radius 3 is 2.46 bits per heavy atom. The minimum Gasteiger partial charge on any atom is -0.323 e. The maximum atomic E-state index is 13.1. The number of hydrogen-bond donors (Lipinski definition) is 1. The van der Waals surface area contributed by atoms with Gasteiger partial charge in [0.15, 0.2) is 0 Å². The fourth-order valence-corrected chi connectivity index (χ4v) is 6.40. The van der Waals surface area contributed by atoms with E-state index in [9.17, 15) is 13.2 Å². The molecule has 0 saturated carbocycles. The third kappa shape index (κ3) is 3.56. The van der Waals surface area contributed by atoms with Crippen LogP contribution in [0.15, 0.2) is 23.1 Å². The number of piperidine rings is 1. The molecule has 0 aliphatic carbocycles. The number of halogens is 2. The molecule has 9 heteroatoms. The molecule has 2 unspecified atom stereocenters.